The molecule has 7 heteroatoms. The molecule has 1 aliphatic rings. The van der Waals surface area contributed by atoms with Gasteiger partial charge in [-0.05, 0) is 23.3 Å². The molecule has 2 aromatic carbocycles. The van der Waals surface area contributed by atoms with Gasteiger partial charge in [-0.3, -0.25) is 14.5 Å². The van der Waals surface area contributed by atoms with E-state index in [4.69, 9.17) is 16.3 Å². The minimum absolute atomic E-state index is 0.0721. The Hall–Kier alpha value is -2.41. The Bertz CT molecular complexity index is 868. The van der Waals surface area contributed by atoms with Crippen molar-refractivity contribution in [2.24, 2.45) is 5.92 Å². The molecule has 0 aromatic heterocycles. The van der Waals surface area contributed by atoms with E-state index in [0.29, 0.717) is 18.1 Å². The molecule has 0 spiro atoms. The van der Waals surface area contributed by atoms with Gasteiger partial charge in [0.15, 0.2) is 0 Å². The molecule has 2 aromatic rings. The second kappa shape index (κ2) is 12.0. The third kappa shape index (κ3) is 6.79. The highest BCUT2D eigenvalue weighted by atomic mass is 35.5. The van der Waals surface area contributed by atoms with Crippen molar-refractivity contribution in [3.8, 4) is 0 Å². The summed E-state index contributed by atoms with van der Waals surface area (Å²) in [5.41, 5.74) is 1.71. The molecule has 1 fully saturated rings. The van der Waals surface area contributed by atoms with Gasteiger partial charge in [0.2, 0.25) is 11.8 Å². The highest BCUT2D eigenvalue weighted by molar-refractivity contribution is 6.30. The van der Waals surface area contributed by atoms with Crippen LogP contribution in [-0.4, -0.2) is 61.0 Å². The molecule has 172 valence electrons. The normalized spacial score (nSPS) is 15.4. The first-order valence-corrected chi connectivity index (χ1v) is 11.5. The van der Waals surface area contributed by atoms with Crippen molar-refractivity contribution in [3.05, 3.63) is 70.7 Å². The summed E-state index contributed by atoms with van der Waals surface area (Å²) in [6.07, 6.45) is 0. The number of morpholine rings is 1. The number of rotatable bonds is 9. The average molecular weight is 458 g/mol. The van der Waals surface area contributed by atoms with Gasteiger partial charge in [0.25, 0.3) is 0 Å². The lowest BCUT2D eigenvalue weighted by molar-refractivity contribution is -0.144. The first-order valence-electron chi connectivity index (χ1n) is 11.1. The second-order valence-electron chi connectivity index (χ2n) is 8.31. The van der Waals surface area contributed by atoms with E-state index in [9.17, 15) is 9.59 Å². The molecule has 1 heterocycles. The van der Waals surface area contributed by atoms with Crippen LogP contribution in [0.25, 0.3) is 0 Å². The number of carbonyl (C=O) groups is 2. The average Bonchev–Trinajstić information content (AvgIpc) is 2.81. The number of amides is 2. The minimum Gasteiger partial charge on any atom is -0.379 e. The van der Waals surface area contributed by atoms with E-state index in [1.807, 2.05) is 56.3 Å². The molecule has 3 rings (SSSR count). The molecule has 0 saturated carbocycles. The predicted molar refractivity (Wildman–Crippen MR) is 126 cm³/mol. The standard InChI is InChI=1S/C25H32ClN3O3/c1-19(2)25(31)29(18-20-8-10-22(26)11-9-20)23(21-6-4-3-5-7-21)24(30)27-12-13-28-14-16-32-17-15-28/h3-11,19,23H,12-18H2,1-2H3,(H,27,30)/t23-/m0/s1. The van der Waals surface area contributed by atoms with Crippen molar-refractivity contribution in [1.29, 1.82) is 0 Å². The summed E-state index contributed by atoms with van der Waals surface area (Å²) in [5.74, 6) is -0.487. The zero-order chi connectivity index (χ0) is 22.9. The van der Waals surface area contributed by atoms with Gasteiger partial charge in [-0.25, -0.2) is 0 Å². The molecule has 1 atom stereocenters. The smallest absolute Gasteiger partial charge is 0.247 e. The van der Waals surface area contributed by atoms with Gasteiger partial charge in [-0.15, -0.1) is 0 Å². The van der Waals surface area contributed by atoms with E-state index in [1.165, 1.54) is 0 Å². The van der Waals surface area contributed by atoms with Crippen LogP contribution >= 0.6 is 11.6 Å². The van der Waals surface area contributed by atoms with E-state index >= 15 is 0 Å². The molecule has 32 heavy (non-hydrogen) atoms. The largest absolute Gasteiger partial charge is 0.379 e. The number of hydrogen-bond donors (Lipinski definition) is 1. The Morgan fingerprint density at radius 1 is 1.06 bits per heavy atom. The Morgan fingerprint density at radius 3 is 2.34 bits per heavy atom. The fraction of sp³-hybridized carbons (Fsp3) is 0.440. The van der Waals surface area contributed by atoms with Crippen molar-refractivity contribution >= 4 is 23.4 Å². The lowest BCUT2D eigenvalue weighted by Gasteiger charge is -2.33. The van der Waals surface area contributed by atoms with Gasteiger partial charge in [0.05, 0.1) is 13.2 Å². The van der Waals surface area contributed by atoms with Crippen LogP contribution in [0.1, 0.15) is 31.0 Å². The number of carbonyl (C=O) groups excluding carboxylic acids is 2. The molecule has 0 aliphatic carbocycles. The van der Waals surface area contributed by atoms with Gasteiger partial charge in [0, 0.05) is 43.7 Å². The molecule has 2 amide bonds. The Balaban J connectivity index is 1.81. The van der Waals surface area contributed by atoms with E-state index in [-0.39, 0.29) is 17.7 Å². The number of nitrogens with zero attached hydrogens (tertiary/aromatic N) is 2. The van der Waals surface area contributed by atoms with E-state index in [2.05, 4.69) is 10.2 Å². The van der Waals surface area contributed by atoms with E-state index < -0.39 is 6.04 Å². The number of benzene rings is 2. The van der Waals surface area contributed by atoms with Gasteiger partial charge >= 0.3 is 0 Å². The van der Waals surface area contributed by atoms with Crippen LogP contribution in [0.4, 0.5) is 0 Å². The van der Waals surface area contributed by atoms with Gasteiger partial charge in [0.1, 0.15) is 6.04 Å². The number of halogens is 1. The maximum absolute atomic E-state index is 13.4. The molecule has 0 unspecified atom stereocenters. The van der Waals surface area contributed by atoms with Crippen LogP contribution in [0.2, 0.25) is 5.02 Å². The Morgan fingerprint density at radius 2 is 1.72 bits per heavy atom. The third-order valence-electron chi connectivity index (χ3n) is 5.55. The maximum Gasteiger partial charge on any atom is 0.247 e. The Labute approximate surface area is 195 Å². The number of nitrogens with one attached hydrogen (secondary N) is 1. The molecule has 1 saturated heterocycles. The SMILES string of the molecule is CC(C)C(=O)N(Cc1ccc(Cl)cc1)[C@H](C(=O)NCCN1CCOCC1)c1ccccc1. The minimum atomic E-state index is -0.716. The zero-order valence-corrected chi connectivity index (χ0v) is 19.6. The molecule has 1 N–H and O–H groups in total. The maximum atomic E-state index is 13.4. The number of ether oxygens (including phenoxy) is 1. The topological polar surface area (TPSA) is 61.9 Å². The highest BCUT2D eigenvalue weighted by Crippen LogP contribution is 2.26. The van der Waals surface area contributed by atoms with Crippen molar-refractivity contribution < 1.29 is 14.3 Å². The van der Waals surface area contributed by atoms with Gasteiger partial charge < -0.3 is 15.0 Å². The fourth-order valence-corrected chi connectivity index (χ4v) is 3.91. The van der Waals surface area contributed by atoms with Gasteiger partial charge in [-0.1, -0.05) is 67.9 Å². The van der Waals surface area contributed by atoms with E-state index in [1.54, 1.807) is 17.0 Å². The third-order valence-corrected chi connectivity index (χ3v) is 5.80. The molecule has 0 bridgehead atoms. The Kier molecular flexibility index (Phi) is 9.09. The quantitative estimate of drug-likeness (QED) is 0.626. The summed E-state index contributed by atoms with van der Waals surface area (Å²) in [5, 5.41) is 3.70. The van der Waals surface area contributed by atoms with Crippen LogP contribution in [-0.2, 0) is 20.9 Å². The van der Waals surface area contributed by atoms with Crippen molar-refractivity contribution in [2.75, 3.05) is 39.4 Å². The summed E-state index contributed by atoms with van der Waals surface area (Å²) in [6.45, 7) is 8.49. The first kappa shape index (κ1) is 24.2. The van der Waals surface area contributed by atoms with Gasteiger partial charge in [-0.2, -0.15) is 0 Å². The van der Waals surface area contributed by atoms with Crippen LogP contribution in [0.3, 0.4) is 0 Å². The first-order chi connectivity index (χ1) is 15.5. The molecular formula is C25H32ClN3O3. The van der Waals surface area contributed by atoms with Crippen molar-refractivity contribution in [2.45, 2.75) is 26.4 Å². The van der Waals surface area contributed by atoms with E-state index in [0.717, 1.165) is 44.0 Å². The summed E-state index contributed by atoms with van der Waals surface area (Å²) < 4.78 is 5.39. The zero-order valence-electron chi connectivity index (χ0n) is 18.8. The molecule has 1 aliphatic heterocycles. The van der Waals surface area contributed by atoms with Crippen LogP contribution in [0, 0.1) is 5.92 Å². The second-order valence-corrected chi connectivity index (χ2v) is 8.74. The lowest BCUT2D eigenvalue weighted by atomic mass is 10.0. The molecule has 0 radical (unpaired) electrons. The summed E-state index contributed by atoms with van der Waals surface area (Å²) >= 11 is 6.03. The highest BCUT2D eigenvalue weighted by Gasteiger charge is 2.32. The fourth-order valence-electron chi connectivity index (χ4n) is 3.78. The molecular weight excluding hydrogens is 426 g/mol. The van der Waals surface area contributed by atoms with Crippen LogP contribution in [0.15, 0.2) is 54.6 Å². The van der Waals surface area contributed by atoms with Crippen LogP contribution < -0.4 is 5.32 Å². The predicted octanol–water partition coefficient (Wildman–Crippen LogP) is 3.51. The monoisotopic (exact) mass is 457 g/mol. The molecule has 6 nitrogen and oxygen atoms in total. The summed E-state index contributed by atoms with van der Waals surface area (Å²) in [4.78, 5) is 30.6. The summed E-state index contributed by atoms with van der Waals surface area (Å²) in [6, 6.07) is 16.2. The summed E-state index contributed by atoms with van der Waals surface area (Å²) in [7, 11) is 0. The van der Waals surface area contributed by atoms with Crippen molar-refractivity contribution in [1.82, 2.24) is 15.1 Å². The lowest BCUT2D eigenvalue weighted by Crippen LogP contribution is -2.47. The van der Waals surface area contributed by atoms with Crippen LogP contribution in [0.5, 0.6) is 0 Å². The van der Waals surface area contributed by atoms with Crippen molar-refractivity contribution in [3.63, 3.8) is 0 Å². The number of hydrogen-bond acceptors (Lipinski definition) is 4.